The molecule has 1 unspecified atom stereocenters. The number of ether oxygens (including phenoxy) is 1. The standard InChI is InChI=1S/C14H11BrClN3O6S/c15-8-2-7(16)1-6(12(8)25-5-11(22)23)4-17-19-14-18-13(24)9(26-14)3-10(20)21/h1-2,4,9H,3,5H2,(H,20,21)(H,22,23)(H,18,19,24). The maximum absolute atomic E-state index is 11.6. The monoisotopic (exact) mass is 463 g/mol. The minimum atomic E-state index is -1.15. The molecule has 3 N–H and O–H groups in total. The number of carboxylic acid groups (broad SMARTS) is 2. The number of nitrogens with zero attached hydrogens (tertiary/aromatic N) is 2. The van der Waals surface area contributed by atoms with Gasteiger partial charge in [0.2, 0.25) is 5.91 Å². The molecule has 0 aliphatic carbocycles. The van der Waals surface area contributed by atoms with E-state index in [0.29, 0.717) is 15.1 Å². The minimum absolute atomic E-state index is 0.159. The maximum atomic E-state index is 11.6. The molecule has 1 aromatic carbocycles. The van der Waals surface area contributed by atoms with Gasteiger partial charge in [0.05, 0.1) is 17.1 Å². The number of carbonyl (C=O) groups is 3. The van der Waals surface area contributed by atoms with E-state index >= 15 is 0 Å². The van der Waals surface area contributed by atoms with Crippen molar-refractivity contribution in [2.75, 3.05) is 6.61 Å². The van der Waals surface area contributed by atoms with Crippen LogP contribution < -0.4 is 10.1 Å². The largest absolute Gasteiger partial charge is 0.481 e. The summed E-state index contributed by atoms with van der Waals surface area (Å²) in [7, 11) is 0. The summed E-state index contributed by atoms with van der Waals surface area (Å²) in [6.07, 6.45) is 0.950. The Hall–Kier alpha value is -2.11. The molecule has 0 bridgehead atoms. The van der Waals surface area contributed by atoms with Gasteiger partial charge in [-0.2, -0.15) is 5.10 Å². The van der Waals surface area contributed by atoms with Gasteiger partial charge in [-0.05, 0) is 28.1 Å². The van der Waals surface area contributed by atoms with E-state index in [0.717, 1.165) is 11.8 Å². The van der Waals surface area contributed by atoms with Crippen LogP contribution in [0.4, 0.5) is 0 Å². The second-order valence-corrected chi connectivity index (χ2v) is 7.31. The van der Waals surface area contributed by atoms with Crippen molar-refractivity contribution in [3.05, 3.63) is 27.2 Å². The number of amidine groups is 1. The average Bonchev–Trinajstić information content (AvgIpc) is 2.85. The molecule has 1 atom stereocenters. The summed E-state index contributed by atoms with van der Waals surface area (Å²) < 4.78 is 5.64. The number of carbonyl (C=O) groups excluding carboxylic acids is 1. The van der Waals surface area contributed by atoms with Crippen molar-refractivity contribution in [2.24, 2.45) is 10.2 Å². The number of thioether (sulfide) groups is 1. The Morgan fingerprint density at radius 3 is 2.77 bits per heavy atom. The van der Waals surface area contributed by atoms with Crippen LogP contribution in [0.3, 0.4) is 0 Å². The summed E-state index contributed by atoms with van der Waals surface area (Å²) in [4.78, 5) is 33.0. The first-order chi connectivity index (χ1) is 12.3. The molecule has 138 valence electrons. The molecule has 1 aliphatic heterocycles. The molecule has 1 aromatic rings. The highest BCUT2D eigenvalue weighted by Gasteiger charge is 2.32. The molecule has 1 fully saturated rings. The lowest BCUT2D eigenvalue weighted by Crippen LogP contribution is -2.26. The maximum Gasteiger partial charge on any atom is 0.341 e. The first-order valence-electron chi connectivity index (χ1n) is 6.90. The van der Waals surface area contributed by atoms with Gasteiger partial charge in [-0.15, -0.1) is 5.10 Å². The van der Waals surface area contributed by atoms with E-state index in [1.54, 1.807) is 0 Å². The molecule has 1 heterocycles. The van der Waals surface area contributed by atoms with E-state index in [1.165, 1.54) is 18.3 Å². The Morgan fingerprint density at radius 2 is 2.12 bits per heavy atom. The number of hydrogen-bond acceptors (Lipinski definition) is 7. The van der Waals surface area contributed by atoms with Gasteiger partial charge < -0.3 is 20.3 Å². The van der Waals surface area contributed by atoms with Crippen LogP contribution >= 0.6 is 39.3 Å². The van der Waals surface area contributed by atoms with Crippen molar-refractivity contribution in [2.45, 2.75) is 11.7 Å². The van der Waals surface area contributed by atoms with Crippen LogP contribution in [0.2, 0.25) is 5.02 Å². The molecule has 12 heteroatoms. The quantitative estimate of drug-likeness (QED) is 0.414. The fourth-order valence-electron chi connectivity index (χ4n) is 1.85. The highest BCUT2D eigenvalue weighted by atomic mass is 79.9. The minimum Gasteiger partial charge on any atom is -0.481 e. The summed E-state index contributed by atoms with van der Waals surface area (Å²) in [6, 6.07) is 3.03. The molecule has 1 saturated heterocycles. The molecular weight excluding hydrogens is 454 g/mol. The highest BCUT2D eigenvalue weighted by Crippen LogP contribution is 2.32. The zero-order chi connectivity index (χ0) is 19.3. The van der Waals surface area contributed by atoms with Crippen molar-refractivity contribution in [3.63, 3.8) is 0 Å². The van der Waals surface area contributed by atoms with E-state index in [9.17, 15) is 14.4 Å². The first-order valence-corrected chi connectivity index (χ1v) is 8.95. The van der Waals surface area contributed by atoms with Crippen LogP contribution in [-0.4, -0.2) is 51.3 Å². The summed E-state index contributed by atoms with van der Waals surface area (Å²) in [5, 5.41) is 27.3. The molecule has 0 spiro atoms. The Labute approximate surface area is 164 Å². The van der Waals surface area contributed by atoms with Gasteiger partial charge in [-0.1, -0.05) is 23.4 Å². The molecule has 9 nitrogen and oxygen atoms in total. The number of nitrogens with one attached hydrogen (secondary N) is 1. The number of benzene rings is 1. The van der Waals surface area contributed by atoms with Crippen LogP contribution in [0.15, 0.2) is 26.8 Å². The fraction of sp³-hybridized carbons (Fsp3) is 0.214. The third kappa shape index (κ3) is 5.71. The van der Waals surface area contributed by atoms with Gasteiger partial charge in [0, 0.05) is 10.6 Å². The SMILES string of the molecule is O=C(O)COc1c(Br)cc(Cl)cc1C=NN=C1NC(=O)C(CC(=O)O)S1. The number of halogens is 2. The van der Waals surface area contributed by atoms with Gasteiger partial charge in [0.1, 0.15) is 11.0 Å². The van der Waals surface area contributed by atoms with Crippen molar-refractivity contribution in [3.8, 4) is 5.75 Å². The smallest absolute Gasteiger partial charge is 0.341 e. The lowest BCUT2D eigenvalue weighted by Gasteiger charge is -2.09. The number of rotatable bonds is 7. The third-order valence-electron chi connectivity index (χ3n) is 2.86. The van der Waals surface area contributed by atoms with Crippen molar-refractivity contribution < 1.29 is 29.3 Å². The number of aliphatic carboxylic acids is 2. The lowest BCUT2D eigenvalue weighted by atomic mass is 10.2. The Balaban J connectivity index is 2.16. The van der Waals surface area contributed by atoms with Crippen molar-refractivity contribution in [1.29, 1.82) is 0 Å². The van der Waals surface area contributed by atoms with Crippen LogP contribution in [0.1, 0.15) is 12.0 Å². The number of hydrogen-bond donors (Lipinski definition) is 3. The number of carboxylic acids is 2. The number of amides is 1. The molecule has 1 aliphatic rings. The summed E-state index contributed by atoms with van der Waals surface area (Å²) in [6.45, 7) is -0.557. The Kier molecular flexibility index (Phi) is 7.00. The molecule has 1 amide bonds. The van der Waals surface area contributed by atoms with Gasteiger partial charge in [-0.25, -0.2) is 4.79 Å². The fourth-order valence-corrected chi connectivity index (χ4v) is 3.71. The predicted octanol–water partition coefficient (Wildman–Crippen LogP) is 1.96. The second-order valence-electron chi connectivity index (χ2n) is 4.83. The molecule has 26 heavy (non-hydrogen) atoms. The second kappa shape index (κ2) is 9.01. The van der Waals surface area contributed by atoms with Crippen LogP contribution in [0.25, 0.3) is 0 Å². The molecule has 0 saturated carbocycles. The highest BCUT2D eigenvalue weighted by molar-refractivity contribution is 9.10. The third-order valence-corrected chi connectivity index (χ3v) is 4.74. The topological polar surface area (TPSA) is 138 Å². The average molecular weight is 465 g/mol. The molecule has 0 aromatic heterocycles. The molecule has 0 radical (unpaired) electrons. The lowest BCUT2D eigenvalue weighted by molar-refractivity contribution is -0.139. The molecular formula is C14H11BrClN3O6S. The normalized spacial score (nSPS) is 18.3. The zero-order valence-electron chi connectivity index (χ0n) is 12.8. The first kappa shape index (κ1) is 20.2. The van der Waals surface area contributed by atoms with E-state index in [-0.39, 0.29) is 17.3 Å². The van der Waals surface area contributed by atoms with Gasteiger partial charge >= 0.3 is 11.9 Å². The van der Waals surface area contributed by atoms with Crippen molar-refractivity contribution >= 4 is 68.5 Å². The summed E-state index contributed by atoms with van der Waals surface area (Å²) in [5.74, 6) is -2.48. The van der Waals surface area contributed by atoms with E-state index in [1.807, 2.05) is 0 Å². The summed E-state index contributed by atoms with van der Waals surface area (Å²) >= 11 is 10.1. The van der Waals surface area contributed by atoms with Gasteiger partial charge in [0.25, 0.3) is 0 Å². The van der Waals surface area contributed by atoms with Crippen LogP contribution in [0.5, 0.6) is 5.75 Å². The summed E-state index contributed by atoms with van der Waals surface area (Å²) in [5.41, 5.74) is 0.367. The van der Waals surface area contributed by atoms with Crippen molar-refractivity contribution in [1.82, 2.24) is 5.32 Å². The van der Waals surface area contributed by atoms with Gasteiger partial charge in [-0.3, -0.25) is 9.59 Å². The molecule has 2 rings (SSSR count). The zero-order valence-corrected chi connectivity index (χ0v) is 16.0. The Morgan fingerprint density at radius 1 is 1.38 bits per heavy atom. The van der Waals surface area contributed by atoms with E-state index in [4.69, 9.17) is 26.6 Å². The predicted molar refractivity (Wildman–Crippen MR) is 99.1 cm³/mol. The van der Waals surface area contributed by atoms with Gasteiger partial charge in [0.15, 0.2) is 11.8 Å². The van der Waals surface area contributed by atoms with Crippen LogP contribution in [-0.2, 0) is 14.4 Å². The Bertz CT molecular complexity index is 816. The van der Waals surface area contributed by atoms with E-state index < -0.39 is 29.7 Å². The van der Waals surface area contributed by atoms with Crippen LogP contribution in [0, 0.1) is 0 Å². The van der Waals surface area contributed by atoms with E-state index in [2.05, 4.69) is 31.4 Å².